The van der Waals surface area contributed by atoms with E-state index >= 15 is 0 Å². The predicted octanol–water partition coefficient (Wildman–Crippen LogP) is 3.92. The van der Waals surface area contributed by atoms with Gasteiger partial charge in [-0.1, -0.05) is 6.07 Å². The number of halogens is 3. The first-order valence-corrected chi connectivity index (χ1v) is 7.66. The topological polar surface area (TPSA) is 50.7 Å². The lowest BCUT2D eigenvalue weighted by Crippen LogP contribution is -2.08. The van der Waals surface area contributed by atoms with Crippen molar-refractivity contribution in [2.24, 2.45) is 0 Å². The number of nitrogens with one attached hydrogen (secondary N) is 1. The molecule has 25 heavy (non-hydrogen) atoms. The van der Waals surface area contributed by atoms with Crippen molar-refractivity contribution < 1.29 is 13.2 Å². The molecule has 7 heteroatoms. The fourth-order valence-corrected chi connectivity index (χ4v) is 2.35. The van der Waals surface area contributed by atoms with Crippen LogP contribution in [0.25, 0.3) is 11.4 Å². The van der Waals surface area contributed by atoms with E-state index < -0.39 is 17.5 Å². The maximum atomic E-state index is 13.9. The summed E-state index contributed by atoms with van der Waals surface area (Å²) in [6.07, 6.45) is 4.20. The van der Waals surface area contributed by atoms with Gasteiger partial charge in [-0.25, -0.2) is 23.1 Å². The second kappa shape index (κ2) is 7.29. The SMILES string of the molecule is Cc1cc(NCCc2cccnc2)nc(-c2cc(F)c(F)cc2F)n1. The molecule has 3 aromatic rings. The van der Waals surface area contributed by atoms with Crippen LogP contribution in [0.4, 0.5) is 19.0 Å². The Morgan fingerprint density at radius 1 is 1.00 bits per heavy atom. The van der Waals surface area contributed by atoms with Gasteiger partial charge in [0.15, 0.2) is 17.5 Å². The highest BCUT2D eigenvalue weighted by atomic mass is 19.2. The Bertz CT molecular complexity index is 885. The van der Waals surface area contributed by atoms with Crippen LogP contribution in [-0.2, 0) is 6.42 Å². The summed E-state index contributed by atoms with van der Waals surface area (Å²) in [4.78, 5) is 12.4. The molecule has 0 spiro atoms. The minimum Gasteiger partial charge on any atom is -0.370 e. The van der Waals surface area contributed by atoms with Crippen molar-refractivity contribution in [3.05, 3.63) is 71.4 Å². The van der Waals surface area contributed by atoms with E-state index in [-0.39, 0.29) is 11.4 Å². The third-order valence-corrected chi connectivity index (χ3v) is 3.55. The summed E-state index contributed by atoms with van der Waals surface area (Å²) in [6, 6.07) is 6.77. The lowest BCUT2D eigenvalue weighted by atomic mass is 10.2. The predicted molar refractivity (Wildman–Crippen MR) is 88.5 cm³/mol. The molecule has 0 radical (unpaired) electrons. The number of nitrogens with zero attached hydrogens (tertiary/aromatic N) is 3. The van der Waals surface area contributed by atoms with E-state index in [4.69, 9.17) is 0 Å². The van der Waals surface area contributed by atoms with Crippen LogP contribution in [-0.4, -0.2) is 21.5 Å². The van der Waals surface area contributed by atoms with Crippen molar-refractivity contribution in [3.63, 3.8) is 0 Å². The molecule has 0 atom stereocenters. The Balaban J connectivity index is 1.80. The molecule has 0 saturated carbocycles. The molecular formula is C18H15F3N4. The van der Waals surface area contributed by atoms with Crippen molar-refractivity contribution in [2.45, 2.75) is 13.3 Å². The van der Waals surface area contributed by atoms with E-state index in [1.807, 2.05) is 12.1 Å². The van der Waals surface area contributed by atoms with Gasteiger partial charge in [0.05, 0.1) is 5.56 Å². The Morgan fingerprint density at radius 3 is 2.56 bits per heavy atom. The summed E-state index contributed by atoms with van der Waals surface area (Å²) in [5.41, 5.74) is 1.46. The number of anilines is 1. The van der Waals surface area contributed by atoms with Gasteiger partial charge in [0, 0.05) is 36.8 Å². The van der Waals surface area contributed by atoms with E-state index in [0.717, 1.165) is 18.1 Å². The van der Waals surface area contributed by atoms with Crippen molar-refractivity contribution >= 4 is 5.82 Å². The van der Waals surface area contributed by atoms with Crippen molar-refractivity contribution in [1.29, 1.82) is 0 Å². The normalized spacial score (nSPS) is 10.7. The third-order valence-electron chi connectivity index (χ3n) is 3.55. The number of hydrogen-bond acceptors (Lipinski definition) is 4. The molecular weight excluding hydrogens is 329 g/mol. The summed E-state index contributed by atoms with van der Waals surface area (Å²) < 4.78 is 40.4. The minimum absolute atomic E-state index is 0.000257. The summed E-state index contributed by atoms with van der Waals surface area (Å²) in [5.74, 6) is -2.82. The molecule has 4 nitrogen and oxygen atoms in total. The van der Waals surface area contributed by atoms with Gasteiger partial charge in [-0.05, 0) is 31.0 Å². The number of hydrogen-bond donors (Lipinski definition) is 1. The lowest BCUT2D eigenvalue weighted by Gasteiger charge is -2.09. The van der Waals surface area contributed by atoms with Crippen LogP contribution >= 0.6 is 0 Å². The van der Waals surface area contributed by atoms with Crippen LogP contribution < -0.4 is 5.32 Å². The maximum Gasteiger partial charge on any atom is 0.164 e. The number of pyridine rings is 1. The Hall–Kier alpha value is -2.96. The zero-order chi connectivity index (χ0) is 17.8. The standard InChI is InChI=1S/C18H15F3N4/c1-11-7-17(23-6-4-12-3-2-5-22-10-12)25-18(24-11)13-8-15(20)16(21)9-14(13)19/h2-3,5,7-10H,4,6H2,1H3,(H,23,24,25). The van der Waals surface area contributed by atoms with E-state index in [1.165, 1.54) is 0 Å². The fourth-order valence-electron chi connectivity index (χ4n) is 2.35. The molecule has 0 amide bonds. The van der Waals surface area contributed by atoms with Gasteiger partial charge >= 0.3 is 0 Å². The van der Waals surface area contributed by atoms with Crippen LogP contribution in [0.2, 0.25) is 0 Å². The second-order valence-electron chi connectivity index (χ2n) is 5.50. The van der Waals surface area contributed by atoms with Crippen LogP contribution in [0.3, 0.4) is 0 Å². The molecule has 0 aliphatic heterocycles. The van der Waals surface area contributed by atoms with Gasteiger partial charge in [-0.3, -0.25) is 4.98 Å². The highest BCUT2D eigenvalue weighted by Gasteiger charge is 2.14. The van der Waals surface area contributed by atoms with Crippen LogP contribution in [0.1, 0.15) is 11.3 Å². The van der Waals surface area contributed by atoms with Gasteiger partial charge in [0.25, 0.3) is 0 Å². The molecule has 3 rings (SSSR count). The van der Waals surface area contributed by atoms with E-state index in [0.29, 0.717) is 24.1 Å². The molecule has 0 aliphatic rings. The molecule has 0 bridgehead atoms. The Morgan fingerprint density at radius 2 is 1.80 bits per heavy atom. The van der Waals surface area contributed by atoms with Crippen molar-refractivity contribution in [1.82, 2.24) is 15.0 Å². The first kappa shape index (κ1) is 16.9. The zero-order valence-electron chi connectivity index (χ0n) is 13.4. The molecule has 2 heterocycles. The maximum absolute atomic E-state index is 13.9. The average molecular weight is 344 g/mol. The number of rotatable bonds is 5. The van der Waals surface area contributed by atoms with Gasteiger partial charge < -0.3 is 5.32 Å². The molecule has 0 saturated heterocycles. The van der Waals surface area contributed by atoms with Crippen LogP contribution in [0, 0.1) is 24.4 Å². The number of benzene rings is 1. The summed E-state index contributed by atoms with van der Waals surface area (Å²) >= 11 is 0. The molecule has 1 N–H and O–H groups in total. The van der Waals surface area contributed by atoms with Crippen molar-refractivity contribution in [2.75, 3.05) is 11.9 Å². The lowest BCUT2D eigenvalue weighted by molar-refractivity contribution is 0.496. The van der Waals surface area contributed by atoms with Crippen molar-refractivity contribution in [3.8, 4) is 11.4 Å². The Kier molecular flexibility index (Phi) is 4.92. The number of aryl methyl sites for hydroxylation is 1. The molecule has 0 fully saturated rings. The monoisotopic (exact) mass is 344 g/mol. The zero-order valence-corrected chi connectivity index (χ0v) is 13.4. The van der Waals surface area contributed by atoms with Gasteiger partial charge in [-0.2, -0.15) is 0 Å². The van der Waals surface area contributed by atoms with Gasteiger partial charge in [0.1, 0.15) is 11.6 Å². The van der Waals surface area contributed by atoms with Gasteiger partial charge in [0.2, 0.25) is 0 Å². The Labute approximate surface area is 142 Å². The third kappa shape index (κ3) is 4.12. The fraction of sp³-hybridized carbons (Fsp3) is 0.167. The van der Waals surface area contributed by atoms with Crippen LogP contribution in [0.15, 0.2) is 42.7 Å². The number of aromatic nitrogens is 3. The summed E-state index contributed by atoms with van der Waals surface area (Å²) in [7, 11) is 0. The first-order chi connectivity index (χ1) is 12.0. The van der Waals surface area contributed by atoms with Crippen LogP contribution in [0.5, 0.6) is 0 Å². The van der Waals surface area contributed by atoms with Gasteiger partial charge in [-0.15, -0.1) is 0 Å². The smallest absolute Gasteiger partial charge is 0.164 e. The first-order valence-electron chi connectivity index (χ1n) is 7.66. The quantitative estimate of drug-likeness (QED) is 0.713. The van der Waals surface area contributed by atoms with E-state index in [2.05, 4.69) is 20.3 Å². The highest BCUT2D eigenvalue weighted by molar-refractivity contribution is 5.58. The van der Waals surface area contributed by atoms with E-state index in [1.54, 1.807) is 25.4 Å². The second-order valence-corrected chi connectivity index (χ2v) is 5.50. The molecule has 1 aromatic carbocycles. The summed E-state index contributed by atoms with van der Waals surface area (Å²) in [5, 5.41) is 3.12. The molecule has 0 unspecified atom stereocenters. The molecule has 128 valence electrons. The molecule has 2 aromatic heterocycles. The highest BCUT2D eigenvalue weighted by Crippen LogP contribution is 2.23. The largest absolute Gasteiger partial charge is 0.370 e. The van der Waals surface area contributed by atoms with E-state index in [9.17, 15) is 13.2 Å². The average Bonchev–Trinajstić information content (AvgIpc) is 2.58. The minimum atomic E-state index is -1.25. The molecule has 0 aliphatic carbocycles. The summed E-state index contributed by atoms with van der Waals surface area (Å²) in [6.45, 7) is 2.30.